The van der Waals surface area contributed by atoms with E-state index in [9.17, 15) is 34.2 Å². The van der Waals surface area contributed by atoms with Gasteiger partial charge in [0.1, 0.15) is 12.7 Å². The Bertz CT molecular complexity index is 1490. The normalized spacial score (nSPS) is 31.1. The van der Waals surface area contributed by atoms with Crippen LogP contribution in [0.1, 0.15) is 51.3 Å². The van der Waals surface area contributed by atoms with Gasteiger partial charge in [0.15, 0.2) is 29.8 Å². The van der Waals surface area contributed by atoms with Crippen LogP contribution in [0.25, 0.3) is 0 Å². The van der Waals surface area contributed by atoms with E-state index in [1.165, 1.54) is 12.3 Å². The molecule has 1 aromatic rings. The van der Waals surface area contributed by atoms with Gasteiger partial charge in [-0.2, -0.15) is 0 Å². The summed E-state index contributed by atoms with van der Waals surface area (Å²) in [6.07, 6.45) is -4.61. The van der Waals surface area contributed by atoms with Gasteiger partial charge in [-0.1, -0.05) is 12.1 Å². The Kier molecular flexibility index (Phi) is 9.77. The molecule has 0 aromatic heterocycles. The summed E-state index contributed by atoms with van der Waals surface area (Å²) < 4.78 is 39.8. The zero-order valence-electron chi connectivity index (χ0n) is 26.3. The highest BCUT2D eigenvalue weighted by Gasteiger charge is 2.55. The van der Waals surface area contributed by atoms with Crippen LogP contribution in [0.3, 0.4) is 0 Å². The number of esters is 4. The van der Waals surface area contributed by atoms with Crippen LogP contribution in [0.5, 0.6) is 11.5 Å². The molecular formula is C32H37NO14. The van der Waals surface area contributed by atoms with E-state index in [0.29, 0.717) is 30.5 Å². The number of ether oxygens (including phenoxy) is 7. The van der Waals surface area contributed by atoms with Crippen molar-refractivity contribution in [1.82, 2.24) is 4.90 Å². The van der Waals surface area contributed by atoms with Crippen LogP contribution in [-0.4, -0.2) is 95.0 Å². The number of nitrogens with zero attached hydrogens (tertiary/aromatic N) is 1. The maximum absolute atomic E-state index is 13.7. The predicted octanol–water partition coefficient (Wildman–Crippen LogP) is 1.69. The average molecular weight is 660 g/mol. The second-order valence-electron chi connectivity index (χ2n) is 11.7. The van der Waals surface area contributed by atoms with Crippen LogP contribution >= 0.6 is 0 Å². The fraction of sp³-hybridized carbons (Fsp3) is 0.531. The molecule has 5 rings (SSSR count). The minimum atomic E-state index is -1.52. The summed E-state index contributed by atoms with van der Waals surface area (Å²) in [7, 11) is 0. The molecule has 254 valence electrons. The Morgan fingerprint density at radius 1 is 0.957 bits per heavy atom. The molecule has 1 aromatic carbocycles. The number of piperidine rings is 1. The van der Waals surface area contributed by atoms with Crippen LogP contribution in [-0.2, 0) is 63.6 Å². The third-order valence-corrected chi connectivity index (χ3v) is 8.60. The number of carbonyl (C=O) groups is 5. The van der Waals surface area contributed by atoms with Gasteiger partial charge in [-0.3, -0.25) is 24.0 Å². The molecule has 0 unspecified atom stereocenters. The molecule has 0 spiro atoms. The quantitative estimate of drug-likeness (QED) is 0.177. The van der Waals surface area contributed by atoms with Gasteiger partial charge in [-0.05, 0) is 24.5 Å². The fourth-order valence-corrected chi connectivity index (χ4v) is 6.71. The first-order valence-corrected chi connectivity index (χ1v) is 15.1. The Morgan fingerprint density at radius 3 is 2.26 bits per heavy atom. The van der Waals surface area contributed by atoms with Crippen LogP contribution < -0.4 is 0 Å². The molecule has 47 heavy (non-hydrogen) atoms. The number of rotatable bonds is 8. The molecule has 1 amide bonds. The van der Waals surface area contributed by atoms with E-state index in [2.05, 4.69) is 6.58 Å². The Hall–Kier alpha value is -4.63. The number of aromatic hydroxyl groups is 2. The van der Waals surface area contributed by atoms with Crippen molar-refractivity contribution in [1.29, 1.82) is 0 Å². The number of hydrogen-bond acceptors (Lipinski definition) is 14. The molecule has 0 bridgehead atoms. The van der Waals surface area contributed by atoms with Gasteiger partial charge in [0.25, 0.3) is 5.91 Å². The number of benzene rings is 1. The van der Waals surface area contributed by atoms with E-state index in [1.54, 1.807) is 17.0 Å². The first kappa shape index (κ1) is 33.7. The van der Waals surface area contributed by atoms with Crippen molar-refractivity contribution in [2.75, 3.05) is 13.2 Å². The molecule has 0 aliphatic carbocycles. The summed E-state index contributed by atoms with van der Waals surface area (Å²) >= 11 is 0. The topological polar surface area (TPSA) is 194 Å². The molecule has 2 N–H and O–H groups in total. The maximum atomic E-state index is 13.7. The summed E-state index contributed by atoms with van der Waals surface area (Å²) in [5, 5.41) is 21.0. The molecule has 2 fully saturated rings. The SMILES string of the molecule is C=C[C@H]1[C@H](O[C@@H]2O[C@H](COC(C)=O)[C@@H](OC(C)=O)[C@H](OC(C)=O)[C@H]2OC(C)=O)OC=C2C(=O)N3CCc4ccc(O)c(O)c4[C@H]3C[C@H]21. The zero-order valence-corrected chi connectivity index (χ0v) is 26.3. The summed E-state index contributed by atoms with van der Waals surface area (Å²) in [6.45, 7) is 8.39. The van der Waals surface area contributed by atoms with Gasteiger partial charge in [0, 0.05) is 51.6 Å². The number of phenols is 2. The van der Waals surface area contributed by atoms with Crippen LogP contribution in [0.15, 0.2) is 36.6 Å². The zero-order chi connectivity index (χ0) is 34.2. The molecule has 0 saturated carbocycles. The number of amides is 1. The summed E-state index contributed by atoms with van der Waals surface area (Å²) in [5.41, 5.74) is 1.64. The van der Waals surface area contributed by atoms with Crippen molar-refractivity contribution in [3.8, 4) is 11.5 Å². The monoisotopic (exact) mass is 659 g/mol. The van der Waals surface area contributed by atoms with E-state index in [0.717, 1.165) is 33.3 Å². The number of hydrogen-bond donors (Lipinski definition) is 2. The highest BCUT2D eigenvalue weighted by atomic mass is 16.8. The molecule has 0 radical (unpaired) electrons. The van der Waals surface area contributed by atoms with Crippen LogP contribution in [0.2, 0.25) is 0 Å². The molecule has 2 saturated heterocycles. The van der Waals surface area contributed by atoms with Crippen molar-refractivity contribution >= 4 is 29.8 Å². The molecule has 4 aliphatic rings. The average Bonchev–Trinajstić information content (AvgIpc) is 3.00. The minimum absolute atomic E-state index is 0.287. The minimum Gasteiger partial charge on any atom is -0.504 e. The van der Waals surface area contributed by atoms with E-state index in [1.807, 2.05) is 0 Å². The van der Waals surface area contributed by atoms with Crippen LogP contribution in [0.4, 0.5) is 0 Å². The van der Waals surface area contributed by atoms with E-state index < -0.39 is 85.4 Å². The second-order valence-corrected chi connectivity index (χ2v) is 11.7. The lowest BCUT2D eigenvalue weighted by molar-refractivity contribution is -0.342. The predicted molar refractivity (Wildman–Crippen MR) is 156 cm³/mol. The van der Waals surface area contributed by atoms with Crippen molar-refractivity contribution in [3.63, 3.8) is 0 Å². The molecule has 4 heterocycles. The van der Waals surface area contributed by atoms with E-state index >= 15 is 0 Å². The maximum Gasteiger partial charge on any atom is 0.303 e. The fourth-order valence-electron chi connectivity index (χ4n) is 6.71. The molecular weight excluding hydrogens is 622 g/mol. The van der Waals surface area contributed by atoms with Crippen molar-refractivity contribution < 1.29 is 67.3 Å². The third kappa shape index (κ3) is 6.76. The highest BCUT2D eigenvalue weighted by Crippen LogP contribution is 2.51. The lowest BCUT2D eigenvalue weighted by Gasteiger charge is -2.49. The highest BCUT2D eigenvalue weighted by molar-refractivity contribution is 5.95. The molecule has 9 atom stereocenters. The Labute approximate surface area is 269 Å². The van der Waals surface area contributed by atoms with Crippen LogP contribution in [0, 0.1) is 11.8 Å². The second kappa shape index (κ2) is 13.6. The van der Waals surface area contributed by atoms with Crippen molar-refractivity contribution in [3.05, 3.63) is 47.7 Å². The summed E-state index contributed by atoms with van der Waals surface area (Å²) in [6, 6.07) is 2.58. The number of phenolic OH excluding ortho intramolecular Hbond substituents is 2. The number of fused-ring (bicyclic) bond motifs is 4. The lowest BCUT2D eigenvalue weighted by atomic mass is 9.73. The van der Waals surface area contributed by atoms with Gasteiger partial charge in [-0.25, -0.2) is 0 Å². The Balaban J connectivity index is 1.48. The van der Waals surface area contributed by atoms with Crippen molar-refractivity contribution in [2.24, 2.45) is 11.8 Å². The smallest absolute Gasteiger partial charge is 0.303 e. The summed E-state index contributed by atoms with van der Waals surface area (Å²) in [5.74, 6) is -5.15. The largest absolute Gasteiger partial charge is 0.504 e. The van der Waals surface area contributed by atoms with Crippen molar-refractivity contribution in [2.45, 2.75) is 83.6 Å². The van der Waals surface area contributed by atoms with Gasteiger partial charge in [0.2, 0.25) is 12.6 Å². The lowest BCUT2D eigenvalue weighted by Crippen LogP contribution is -2.63. The Morgan fingerprint density at radius 2 is 1.62 bits per heavy atom. The van der Waals surface area contributed by atoms with Gasteiger partial charge < -0.3 is 48.3 Å². The van der Waals surface area contributed by atoms with Gasteiger partial charge >= 0.3 is 23.9 Å². The van der Waals surface area contributed by atoms with Gasteiger partial charge in [-0.15, -0.1) is 6.58 Å². The van der Waals surface area contributed by atoms with E-state index in [4.69, 9.17) is 33.2 Å². The van der Waals surface area contributed by atoms with Gasteiger partial charge in [0.05, 0.1) is 17.9 Å². The molecule has 15 nitrogen and oxygen atoms in total. The summed E-state index contributed by atoms with van der Waals surface area (Å²) in [4.78, 5) is 63.5. The first-order chi connectivity index (χ1) is 22.3. The standard InChI is InChI=1S/C32H37NO14/c1-6-19-20-11-22-25-18(7-8-23(38)26(25)39)9-10-33(22)30(40)21(20)12-42-31(19)47-32-29(45-17(5)37)28(44-16(4)36)27(43-15(3)35)24(46-32)13-41-14(2)34/h6-8,12,19-20,22,24,27-29,31-32,38-39H,1,9-11,13H2,2-5H3/t19-,20+,22-,24-,27-,28+,29-,31+,32+/m1/s1. The van der Waals surface area contributed by atoms with E-state index in [-0.39, 0.29) is 17.4 Å². The first-order valence-electron chi connectivity index (χ1n) is 15.1. The number of carbonyl (C=O) groups excluding carboxylic acids is 5. The molecule has 4 aliphatic heterocycles. The molecule has 15 heteroatoms. The third-order valence-electron chi connectivity index (χ3n) is 8.60.